The van der Waals surface area contributed by atoms with E-state index in [1.165, 1.54) is 0 Å². The van der Waals surface area contributed by atoms with E-state index < -0.39 is 0 Å². The maximum Gasteiger partial charge on any atom is 0.0907 e. The number of fused-ring (bicyclic) bond motifs is 1. The number of hydrogen-bond acceptors (Lipinski definition) is 3. The van der Waals surface area contributed by atoms with Gasteiger partial charge in [0.2, 0.25) is 0 Å². The second-order valence-corrected chi connectivity index (χ2v) is 3.19. The van der Waals surface area contributed by atoms with Crippen molar-refractivity contribution in [3.05, 3.63) is 30.6 Å². The third-order valence-corrected chi connectivity index (χ3v) is 2.05. The predicted molar refractivity (Wildman–Crippen MR) is 58.3 cm³/mol. The Bertz CT molecular complexity index is 426. The molecule has 0 amide bonds. The Hall–Kier alpha value is -1.64. The SMILES string of the molecule is CCCNc1ccc2nccnc2c1. The fourth-order valence-electron chi connectivity index (χ4n) is 1.34. The van der Waals surface area contributed by atoms with Crippen LogP contribution in [0.15, 0.2) is 30.6 Å². The molecule has 0 radical (unpaired) electrons. The van der Waals surface area contributed by atoms with E-state index in [1.54, 1.807) is 12.4 Å². The number of nitrogens with zero attached hydrogens (tertiary/aromatic N) is 2. The van der Waals surface area contributed by atoms with Gasteiger partial charge < -0.3 is 5.32 Å². The number of rotatable bonds is 3. The van der Waals surface area contributed by atoms with Crippen molar-refractivity contribution >= 4 is 16.7 Å². The monoisotopic (exact) mass is 187 g/mol. The van der Waals surface area contributed by atoms with Gasteiger partial charge in [0, 0.05) is 24.6 Å². The Balaban J connectivity index is 2.32. The molecule has 1 N–H and O–H groups in total. The minimum atomic E-state index is 0.939. The van der Waals surface area contributed by atoms with E-state index in [4.69, 9.17) is 0 Å². The van der Waals surface area contributed by atoms with Crippen molar-refractivity contribution in [2.75, 3.05) is 11.9 Å². The molecular formula is C11H13N3. The summed E-state index contributed by atoms with van der Waals surface area (Å²) < 4.78 is 0. The van der Waals surface area contributed by atoms with E-state index in [9.17, 15) is 0 Å². The maximum absolute atomic E-state index is 4.25. The molecule has 0 saturated heterocycles. The lowest BCUT2D eigenvalue weighted by atomic mass is 10.2. The molecule has 3 nitrogen and oxygen atoms in total. The molecule has 0 aliphatic rings. The molecule has 0 aliphatic heterocycles. The van der Waals surface area contributed by atoms with Crippen LogP contribution in [0.1, 0.15) is 13.3 Å². The van der Waals surface area contributed by atoms with Gasteiger partial charge in [0.05, 0.1) is 11.0 Å². The van der Waals surface area contributed by atoms with E-state index in [-0.39, 0.29) is 0 Å². The Morgan fingerprint density at radius 3 is 2.71 bits per heavy atom. The number of aromatic nitrogens is 2. The first-order valence-corrected chi connectivity index (χ1v) is 4.85. The van der Waals surface area contributed by atoms with Crippen LogP contribution in [0, 0.1) is 0 Å². The molecule has 0 bridgehead atoms. The van der Waals surface area contributed by atoms with Gasteiger partial charge in [0.15, 0.2) is 0 Å². The molecule has 2 rings (SSSR count). The van der Waals surface area contributed by atoms with Gasteiger partial charge >= 0.3 is 0 Å². The van der Waals surface area contributed by atoms with Crippen LogP contribution in [-0.4, -0.2) is 16.5 Å². The van der Waals surface area contributed by atoms with E-state index in [0.717, 1.165) is 29.7 Å². The van der Waals surface area contributed by atoms with Crippen LogP contribution in [0.2, 0.25) is 0 Å². The highest BCUT2D eigenvalue weighted by Gasteiger charge is 1.96. The maximum atomic E-state index is 4.25. The van der Waals surface area contributed by atoms with Gasteiger partial charge in [-0.2, -0.15) is 0 Å². The molecule has 1 aromatic heterocycles. The Labute approximate surface area is 83.2 Å². The average molecular weight is 187 g/mol. The van der Waals surface area contributed by atoms with Gasteiger partial charge in [0.1, 0.15) is 0 Å². The van der Waals surface area contributed by atoms with Crippen LogP contribution < -0.4 is 5.32 Å². The van der Waals surface area contributed by atoms with Crippen molar-refractivity contribution < 1.29 is 0 Å². The van der Waals surface area contributed by atoms with Crippen molar-refractivity contribution in [3.63, 3.8) is 0 Å². The summed E-state index contributed by atoms with van der Waals surface area (Å²) in [7, 11) is 0. The summed E-state index contributed by atoms with van der Waals surface area (Å²) in [5, 5.41) is 3.32. The molecule has 14 heavy (non-hydrogen) atoms. The van der Waals surface area contributed by atoms with Crippen LogP contribution in [0.3, 0.4) is 0 Å². The van der Waals surface area contributed by atoms with Crippen LogP contribution in [0.25, 0.3) is 11.0 Å². The summed E-state index contributed by atoms with van der Waals surface area (Å²) in [5.74, 6) is 0. The van der Waals surface area contributed by atoms with Gasteiger partial charge in [-0.25, -0.2) is 0 Å². The van der Waals surface area contributed by atoms with Crippen LogP contribution in [-0.2, 0) is 0 Å². The Morgan fingerprint density at radius 1 is 1.14 bits per heavy atom. The lowest BCUT2D eigenvalue weighted by Gasteiger charge is -2.04. The van der Waals surface area contributed by atoms with Crippen LogP contribution >= 0.6 is 0 Å². The Kier molecular flexibility index (Phi) is 2.58. The van der Waals surface area contributed by atoms with Gasteiger partial charge in [-0.1, -0.05) is 6.92 Å². The first-order chi connectivity index (χ1) is 6.90. The minimum Gasteiger partial charge on any atom is -0.385 e. The first kappa shape index (κ1) is 8.94. The molecule has 2 aromatic rings. The summed E-state index contributed by atoms with van der Waals surface area (Å²) in [4.78, 5) is 8.46. The number of hydrogen-bond donors (Lipinski definition) is 1. The zero-order chi connectivity index (χ0) is 9.80. The van der Waals surface area contributed by atoms with Crippen molar-refractivity contribution in [1.82, 2.24) is 9.97 Å². The number of nitrogens with one attached hydrogen (secondary N) is 1. The first-order valence-electron chi connectivity index (χ1n) is 4.85. The summed E-state index contributed by atoms with van der Waals surface area (Å²) in [6, 6.07) is 6.05. The van der Waals surface area contributed by atoms with Crippen molar-refractivity contribution in [3.8, 4) is 0 Å². The molecule has 0 atom stereocenters. The molecule has 1 aromatic carbocycles. The zero-order valence-electron chi connectivity index (χ0n) is 8.20. The molecule has 0 spiro atoms. The van der Waals surface area contributed by atoms with Crippen LogP contribution in [0.4, 0.5) is 5.69 Å². The fraction of sp³-hybridized carbons (Fsp3) is 0.273. The number of benzene rings is 1. The summed E-state index contributed by atoms with van der Waals surface area (Å²) in [6.45, 7) is 3.14. The molecule has 72 valence electrons. The summed E-state index contributed by atoms with van der Waals surface area (Å²) in [5.41, 5.74) is 2.99. The molecule has 0 aliphatic carbocycles. The lowest BCUT2D eigenvalue weighted by Crippen LogP contribution is -1.99. The molecule has 1 heterocycles. The van der Waals surface area contributed by atoms with Gasteiger partial charge in [-0.05, 0) is 24.6 Å². The zero-order valence-corrected chi connectivity index (χ0v) is 8.20. The summed E-state index contributed by atoms with van der Waals surface area (Å²) in [6.07, 6.45) is 4.55. The second-order valence-electron chi connectivity index (χ2n) is 3.19. The third-order valence-electron chi connectivity index (χ3n) is 2.05. The highest BCUT2D eigenvalue weighted by atomic mass is 14.9. The van der Waals surface area contributed by atoms with Gasteiger partial charge in [0.25, 0.3) is 0 Å². The summed E-state index contributed by atoms with van der Waals surface area (Å²) >= 11 is 0. The third kappa shape index (κ3) is 1.82. The van der Waals surface area contributed by atoms with Gasteiger partial charge in [-0.3, -0.25) is 9.97 Å². The smallest absolute Gasteiger partial charge is 0.0907 e. The van der Waals surface area contributed by atoms with Crippen molar-refractivity contribution in [1.29, 1.82) is 0 Å². The van der Waals surface area contributed by atoms with E-state index >= 15 is 0 Å². The molecule has 0 unspecified atom stereocenters. The molecule has 0 saturated carbocycles. The lowest BCUT2D eigenvalue weighted by molar-refractivity contribution is 0.980. The predicted octanol–water partition coefficient (Wildman–Crippen LogP) is 2.45. The van der Waals surface area contributed by atoms with E-state index in [1.807, 2.05) is 18.2 Å². The standard InChI is InChI=1S/C11H13N3/c1-2-5-12-9-3-4-10-11(8-9)14-7-6-13-10/h3-4,6-8,12H,2,5H2,1H3. The largest absolute Gasteiger partial charge is 0.385 e. The quantitative estimate of drug-likeness (QED) is 0.802. The van der Waals surface area contributed by atoms with E-state index in [2.05, 4.69) is 22.2 Å². The fourth-order valence-corrected chi connectivity index (χ4v) is 1.34. The van der Waals surface area contributed by atoms with E-state index in [0.29, 0.717) is 0 Å². The number of anilines is 1. The van der Waals surface area contributed by atoms with Crippen molar-refractivity contribution in [2.45, 2.75) is 13.3 Å². The molecule has 3 heteroatoms. The van der Waals surface area contributed by atoms with Gasteiger partial charge in [-0.15, -0.1) is 0 Å². The highest BCUT2D eigenvalue weighted by Crippen LogP contribution is 2.14. The topological polar surface area (TPSA) is 37.8 Å². The second kappa shape index (κ2) is 4.05. The van der Waals surface area contributed by atoms with Crippen LogP contribution in [0.5, 0.6) is 0 Å². The Morgan fingerprint density at radius 2 is 1.93 bits per heavy atom. The normalized spacial score (nSPS) is 10.4. The minimum absolute atomic E-state index is 0.939. The highest BCUT2D eigenvalue weighted by molar-refractivity contribution is 5.78. The molecular weight excluding hydrogens is 174 g/mol. The molecule has 0 fully saturated rings. The van der Waals surface area contributed by atoms with Crippen molar-refractivity contribution in [2.24, 2.45) is 0 Å². The average Bonchev–Trinajstić information content (AvgIpc) is 2.26.